The molecular formula is C31H22Cl3F8NO4. The zero-order chi connectivity index (χ0) is 35.1. The Morgan fingerprint density at radius 2 is 1.57 bits per heavy atom. The van der Waals surface area contributed by atoms with Gasteiger partial charge < -0.3 is 10.1 Å². The lowest BCUT2D eigenvalue weighted by Crippen LogP contribution is -2.23. The van der Waals surface area contributed by atoms with Crippen LogP contribution in [0.2, 0.25) is 5.02 Å². The maximum Gasteiger partial charge on any atom is 0.419 e. The van der Waals surface area contributed by atoms with Gasteiger partial charge in [-0.2, -0.15) is 13.2 Å². The third kappa shape index (κ3) is 8.62. The highest BCUT2D eigenvalue weighted by Crippen LogP contribution is 2.65. The normalized spacial score (nSPS) is 17.4. The van der Waals surface area contributed by atoms with Gasteiger partial charge in [-0.25, -0.2) is 22.0 Å². The van der Waals surface area contributed by atoms with Crippen LogP contribution in [0.15, 0.2) is 48.5 Å². The van der Waals surface area contributed by atoms with Crippen molar-refractivity contribution < 1.29 is 54.2 Å². The van der Waals surface area contributed by atoms with Crippen molar-refractivity contribution in [2.45, 2.75) is 42.1 Å². The Morgan fingerprint density at radius 1 is 0.915 bits per heavy atom. The largest absolute Gasteiger partial charge is 0.419 e. The molecule has 4 rings (SSSR count). The van der Waals surface area contributed by atoms with Crippen molar-refractivity contribution in [2.75, 3.05) is 18.5 Å². The number of halogens is 11. The fraction of sp³-hybridized carbons (Fsp3) is 0.323. The molecule has 5 nitrogen and oxygen atoms in total. The van der Waals surface area contributed by atoms with Crippen LogP contribution in [-0.4, -0.2) is 40.9 Å². The summed E-state index contributed by atoms with van der Waals surface area (Å²) in [6.45, 7) is -1.34. The molecule has 3 aromatic rings. The van der Waals surface area contributed by atoms with Crippen molar-refractivity contribution in [3.8, 4) is 0 Å². The Labute approximate surface area is 277 Å². The Hall–Kier alpha value is -3.26. The summed E-state index contributed by atoms with van der Waals surface area (Å²) in [7, 11) is 0. The van der Waals surface area contributed by atoms with Crippen LogP contribution in [0.25, 0.3) is 0 Å². The lowest BCUT2D eigenvalue weighted by molar-refractivity contribution is -0.140. The van der Waals surface area contributed by atoms with E-state index in [9.17, 15) is 45.1 Å². The van der Waals surface area contributed by atoms with Crippen molar-refractivity contribution in [1.29, 1.82) is 0 Å². The van der Waals surface area contributed by atoms with Gasteiger partial charge in [0.05, 0.1) is 16.5 Å². The SMILES string of the molecule is CC(F)(F)COCC(=O)Cc1c(F)ccc(CC(=O)c2cc(NC(=O)[C@H]3[C@H](c4ccc(F)c(C(F)(F)F)c4)C3(Cl)Cl)ccc2Cl)c1F. The summed E-state index contributed by atoms with van der Waals surface area (Å²) in [5, 5.41) is 2.33. The van der Waals surface area contributed by atoms with E-state index in [0.717, 1.165) is 24.3 Å². The first-order valence-electron chi connectivity index (χ1n) is 13.5. The number of carbonyl (C=O) groups is 3. The van der Waals surface area contributed by atoms with E-state index in [1.807, 2.05) is 0 Å². The number of ketones is 2. The van der Waals surface area contributed by atoms with E-state index >= 15 is 4.39 Å². The Bertz CT molecular complexity index is 1730. The summed E-state index contributed by atoms with van der Waals surface area (Å²) in [4.78, 5) is 38.3. The molecule has 16 heteroatoms. The average molecular weight is 731 g/mol. The number of nitrogens with one attached hydrogen (secondary N) is 1. The highest BCUT2D eigenvalue weighted by molar-refractivity contribution is 6.53. The molecule has 0 unspecified atom stereocenters. The van der Waals surface area contributed by atoms with Crippen LogP contribution < -0.4 is 5.32 Å². The number of alkyl halides is 7. The number of rotatable bonds is 12. The minimum Gasteiger partial charge on any atom is -0.367 e. The number of benzene rings is 3. The van der Waals surface area contributed by atoms with Gasteiger partial charge in [0.1, 0.15) is 35.0 Å². The summed E-state index contributed by atoms with van der Waals surface area (Å²) in [6.07, 6.45) is -6.52. The molecule has 1 aliphatic carbocycles. The summed E-state index contributed by atoms with van der Waals surface area (Å²) >= 11 is 18.6. The minimum absolute atomic E-state index is 0.0175. The van der Waals surface area contributed by atoms with Crippen LogP contribution in [0.5, 0.6) is 0 Å². The second-order valence-electron chi connectivity index (χ2n) is 10.9. The van der Waals surface area contributed by atoms with Crippen molar-refractivity contribution >= 4 is 58.0 Å². The average Bonchev–Trinajstić information content (AvgIpc) is 3.54. The van der Waals surface area contributed by atoms with Gasteiger partial charge in [-0.3, -0.25) is 14.4 Å². The van der Waals surface area contributed by atoms with E-state index in [2.05, 4.69) is 10.1 Å². The summed E-state index contributed by atoms with van der Waals surface area (Å²) in [5.74, 6) is -12.0. The number of carbonyl (C=O) groups excluding carboxylic acids is 3. The molecule has 1 aliphatic rings. The highest BCUT2D eigenvalue weighted by Gasteiger charge is 2.67. The number of Topliss-reactive ketones (excluding diaryl/α,β-unsaturated/α-hetero) is 2. The van der Waals surface area contributed by atoms with E-state index in [1.165, 1.54) is 12.1 Å². The lowest BCUT2D eigenvalue weighted by Gasteiger charge is -2.12. The van der Waals surface area contributed by atoms with Crippen LogP contribution in [-0.2, 0) is 33.3 Å². The number of ether oxygens (including phenoxy) is 1. The second-order valence-corrected chi connectivity index (χ2v) is 12.8. The smallest absolute Gasteiger partial charge is 0.367 e. The second kappa shape index (κ2) is 13.7. The first-order chi connectivity index (χ1) is 21.7. The molecule has 0 spiro atoms. The Morgan fingerprint density at radius 3 is 2.21 bits per heavy atom. The molecular weight excluding hydrogens is 709 g/mol. The first-order valence-corrected chi connectivity index (χ1v) is 14.6. The van der Waals surface area contributed by atoms with Crippen LogP contribution in [0.4, 0.5) is 40.8 Å². The monoisotopic (exact) mass is 729 g/mol. The molecule has 0 aliphatic heterocycles. The third-order valence-corrected chi connectivity index (χ3v) is 8.40. The maximum absolute atomic E-state index is 15.2. The molecule has 0 saturated heterocycles. The quantitative estimate of drug-likeness (QED) is 0.115. The summed E-state index contributed by atoms with van der Waals surface area (Å²) in [6, 6.07) is 7.57. The first kappa shape index (κ1) is 36.6. The predicted molar refractivity (Wildman–Crippen MR) is 157 cm³/mol. The zero-order valence-corrected chi connectivity index (χ0v) is 26.2. The van der Waals surface area contributed by atoms with Crippen LogP contribution in [0.1, 0.15) is 45.5 Å². The molecule has 0 bridgehead atoms. The fourth-order valence-electron chi connectivity index (χ4n) is 4.86. The molecule has 1 fully saturated rings. The molecule has 0 aromatic heterocycles. The fourth-order valence-corrected chi connectivity index (χ4v) is 5.91. The third-order valence-electron chi connectivity index (χ3n) is 7.13. The maximum atomic E-state index is 15.2. The van der Waals surface area contributed by atoms with Gasteiger partial charge in [-0.05, 0) is 47.5 Å². The molecule has 3 aromatic carbocycles. The minimum atomic E-state index is -5.01. The van der Waals surface area contributed by atoms with E-state index in [4.69, 9.17) is 34.8 Å². The Balaban J connectivity index is 1.47. The van der Waals surface area contributed by atoms with E-state index in [0.29, 0.717) is 19.1 Å². The number of hydrogen-bond donors (Lipinski definition) is 1. The molecule has 2 atom stereocenters. The molecule has 1 saturated carbocycles. The van der Waals surface area contributed by atoms with Gasteiger partial charge in [0.2, 0.25) is 5.91 Å². The van der Waals surface area contributed by atoms with Crippen molar-refractivity contribution in [1.82, 2.24) is 0 Å². The van der Waals surface area contributed by atoms with Crippen molar-refractivity contribution in [2.24, 2.45) is 5.92 Å². The van der Waals surface area contributed by atoms with Gasteiger partial charge >= 0.3 is 6.18 Å². The van der Waals surface area contributed by atoms with Crippen molar-refractivity contribution in [3.05, 3.63) is 98.8 Å². The number of anilines is 1. The number of hydrogen-bond acceptors (Lipinski definition) is 4. The van der Waals surface area contributed by atoms with E-state index < -0.39 is 100 Å². The topological polar surface area (TPSA) is 72.5 Å². The van der Waals surface area contributed by atoms with Gasteiger partial charge in [-0.15, -0.1) is 23.2 Å². The zero-order valence-electron chi connectivity index (χ0n) is 23.9. The molecule has 1 amide bonds. The standard InChI is InChI=1S/C31H22Cl3F8NO4/c1-29(38,39)13-47-12-17(44)11-19-22(35)6-3-15(27(19)37)9-24(45)18-10-16(4-5-21(18)32)43-28(46)26-25(30(26,33)34)14-2-7-23(36)20(8-14)31(40,41)42/h2-8,10,25-26H,9,11-13H2,1H3,(H,43,46)/t25-,26+/m0/s1. The van der Waals surface area contributed by atoms with Gasteiger partial charge in [0.25, 0.3) is 5.92 Å². The van der Waals surface area contributed by atoms with Gasteiger partial charge in [-0.1, -0.05) is 23.7 Å². The summed E-state index contributed by atoms with van der Waals surface area (Å²) in [5.41, 5.74) is -2.94. The van der Waals surface area contributed by atoms with Crippen LogP contribution in [0.3, 0.4) is 0 Å². The summed E-state index contributed by atoms with van der Waals surface area (Å²) < 4.78 is 111. The molecule has 47 heavy (non-hydrogen) atoms. The van der Waals surface area contributed by atoms with Crippen molar-refractivity contribution in [3.63, 3.8) is 0 Å². The predicted octanol–water partition coefficient (Wildman–Crippen LogP) is 8.51. The van der Waals surface area contributed by atoms with Gasteiger partial charge in [0.15, 0.2) is 11.6 Å². The molecule has 252 valence electrons. The van der Waals surface area contributed by atoms with Crippen LogP contribution >= 0.6 is 34.8 Å². The molecule has 0 heterocycles. The van der Waals surface area contributed by atoms with E-state index in [-0.39, 0.29) is 27.4 Å². The van der Waals surface area contributed by atoms with Crippen LogP contribution in [0, 0.1) is 23.4 Å². The highest BCUT2D eigenvalue weighted by atomic mass is 35.5. The Kier molecular flexibility index (Phi) is 10.7. The van der Waals surface area contributed by atoms with Gasteiger partial charge in [0, 0.05) is 42.5 Å². The molecule has 1 N–H and O–H groups in total. The lowest BCUT2D eigenvalue weighted by atomic mass is 9.98. The molecule has 0 radical (unpaired) electrons. The van der Waals surface area contributed by atoms with E-state index in [1.54, 1.807) is 0 Å². The number of amides is 1.